The highest BCUT2D eigenvalue weighted by Crippen LogP contribution is 2.21. The zero-order chi connectivity index (χ0) is 14.5. The van der Waals surface area contributed by atoms with Gasteiger partial charge in [0.05, 0.1) is 13.0 Å². The molecule has 19 heavy (non-hydrogen) atoms. The van der Waals surface area contributed by atoms with Crippen molar-refractivity contribution in [2.75, 3.05) is 20.3 Å². The van der Waals surface area contributed by atoms with Gasteiger partial charge in [-0.15, -0.1) is 0 Å². The van der Waals surface area contributed by atoms with Crippen LogP contribution in [0.15, 0.2) is 0 Å². The Morgan fingerprint density at radius 3 is 2.58 bits per heavy atom. The lowest BCUT2D eigenvalue weighted by Crippen LogP contribution is -2.50. The summed E-state index contributed by atoms with van der Waals surface area (Å²) >= 11 is 0. The lowest BCUT2D eigenvalue weighted by atomic mass is 9.90. The second-order valence-electron chi connectivity index (χ2n) is 4.94. The molecule has 1 aliphatic carbocycles. The quantitative estimate of drug-likeness (QED) is 0.781. The first-order valence-electron chi connectivity index (χ1n) is 6.47. The molecule has 112 valence electrons. The van der Waals surface area contributed by atoms with Gasteiger partial charge in [-0.2, -0.15) is 13.2 Å². The van der Waals surface area contributed by atoms with Gasteiger partial charge in [-0.1, -0.05) is 12.8 Å². The molecule has 1 aliphatic rings. The van der Waals surface area contributed by atoms with Crippen LogP contribution in [0.5, 0.6) is 0 Å². The van der Waals surface area contributed by atoms with Gasteiger partial charge in [-0.3, -0.25) is 4.79 Å². The van der Waals surface area contributed by atoms with E-state index in [0.29, 0.717) is 0 Å². The second-order valence-corrected chi connectivity index (χ2v) is 4.94. The van der Waals surface area contributed by atoms with E-state index in [1.165, 1.54) is 0 Å². The van der Waals surface area contributed by atoms with Crippen LogP contribution in [-0.2, 0) is 9.53 Å². The molecule has 0 spiro atoms. The van der Waals surface area contributed by atoms with Gasteiger partial charge in [0.25, 0.3) is 0 Å². The number of rotatable bonds is 5. The molecule has 0 saturated heterocycles. The van der Waals surface area contributed by atoms with Crippen molar-refractivity contribution < 1.29 is 22.7 Å². The maximum atomic E-state index is 11.8. The Balaban J connectivity index is 2.28. The number of alkyl halides is 3. The summed E-state index contributed by atoms with van der Waals surface area (Å²) in [5.74, 6) is -0.218. The van der Waals surface area contributed by atoms with Crippen LogP contribution in [0.2, 0.25) is 0 Å². The number of ether oxygens (including phenoxy) is 1. The summed E-state index contributed by atoms with van der Waals surface area (Å²) in [5, 5.41) is 0. The molecule has 0 aromatic heterocycles. The first kappa shape index (κ1) is 16.2. The number of carbonyl (C=O) groups is 1. The van der Waals surface area contributed by atoms with Crippen LogP contribution in [0.1, 0.15) is 32.1 Å². The maximum absolute atomic E-state index is 11.8. The third-order valence-corrected chi connectivity index (χ3v) is 3.40. The van der Waals surface area contributed by atoms with E-state index in [1.54, 1.807) is 11.9 Å². The standard InChI is InChI=1S/C12H21F3N2O2/c1-17(10-5-3-2-4-9(10)16)11(18)6-7-19-8-12(13,14)15/h9-10H,2-8,16H2,1H3. The smallest absolute Gasteiger partial charge is 0.372 e. The highest BCUT2D eigenvalue weighted by Gasteiger charge is 2.29. The van der Waals surface area contributed by atoms with Gasteiger partial charge in [0.2, 0.25) is 5.91 Å². The largest absolute Gasteiger partial charge is 0.411 e. The fourth-order valence-electron chi connectivity index (χ4n) is 2.33. The second kappa shape index (κ2) is 7.09. The number of likely N-dealkylation sites (N-methyl/N-ethyl adjacent to an activating group) is 1. The van der Waals surface area contributed by atoms with Crippen LogP contribution in [0, 0.1) is 0 Å². The molecule has 1 saturated carbocycles. The fraction of sp³-hybridized carbons (Fsp3) is 0.917. The van der Waals surface area contributed by atoms with Crippen LogP contribution < -0.4 is 5.73 Å². The van der Waals surface area contributed by atoms with E-state index in [9.17, 15) is 18.0 Å². The molecule has 0 heterocycles. The topological polar surface area (TPSA) is 55.6 Å². The highest BCUT2D eigenvalue weighted by molar-refractivity contribution is 5.76. The number of nitrogens with two attached hydrogens (primary N) is 1. The first-order valence-corrected chi connectivity index (χ1v) is 6.47. The molecule has 4 nitrogen and oxygen atoms in total. The molecule has 2 N–H and O–H groups in total. The Labute approximate surface area is 111 Å². The molecule has 0 aromatic rings. The van der Waals surface area contributed by atoms with Gasteiger partial charge >= 0.3 is 6.18 Å². The van der Waals surface area contributed by atoms with Gasteiger partial charge in [-0.25, -0.2) is 0 Å². The number of carbonyl (C=O) groups excluding carboxylic acids is 1. The van der Waals surface area contributed by atoms with Crippen molar-refractivity contribution in [2.45, 2.75) is 50.4 Å². The fourth-order valence-corrected chi connectivity index (χ4v) is 2.33. The lowest BCUT2D eigenvalue weighted by Gasteiger charge is -2.36. The Morgan fingerprint density at radius 2 is 2.00 bits per heavy atom. The summed E-state index contributed by atoms with van der Waals surface area (Å²) in [4.78, 5) is 13.4. The van der Waals surface area contributed by atoms with Gasteiger partial charge < -0.3 is 15.4 Å². The zero-order valence-corrected chi connectivity index (χ0v) is 11.1. The van der Waals surface area contributed by atoms with E-state index < -0.39 is 12.8 Å². The third-order valence-electron chi connectivity index (χ3n) is 3.40. The minimum atomic E-state index is -4.35. The van der Waals surface area contributed by atoms with Crippen LogP contribution in [0.4, 0.5) is 13.2 Å². The molecule has 0 aliphatic heterocycles. The van der Waals surface area contributed by atoms with Crippen molar-refractivity contribution >= 4 is 5.91 Å². The van der Waals surface area contributed by atoms with Gasteiger partial charge in [0.1, 0.15) is 6.61 Å². The minimum absolute atomic E-state index is 0.0103. The Morgan fingerprint density at radius 1 is 1.37 bits per heavy atom. The lowest BCUT2D eigenvalue weighted by molar-refractivity contribution is -0.175. The van der Waals surface area contributed by atoms with E-state index in [4.69, 9.17) is 5.73 Å². The van der Waals surface area contributed by atoms with Crippen molar-refractivity contribution in [3.8, 4) is 0 Å². The van der Waals surface area contributed by atoms with Crippen LogP contribution in [0.3, 0.4) is 0 Å². The summed E-state index contributed by atoms with van der Waals surface area (Å²) in [7, 11) is 1.65. The minimum Gasteiger partial charge on any atom is -0.372 e. The highest BCUT2D eigenvalue weighted by atomic mass is 19.4. The molecule has 1 fully saturated rings. The van der Waals surface area contributed by atoms with Crippen molar-refractivity contribution in [1.29, 1.82) is 0 Å². The van der Waals surface area contributed by atoms with E-state index in [1.807, 2.05) is 0 Å². The molecule has 0 bridgehead atoms. The average Bonchev–Trinajstić information content (AvgIpc) is 2.33. The number of amides is 1. The van der Waals surface area contributed by atoms with Crippen molar-refractivity contribution in [3.63, 3.8) is 0 Å². The van der Waals surface area contributed by atoms with Crippen LogP contribution in [-0.4, -0.2) is 49.3 Å². The van der Waals surface area contributed by atoms with E-state index >= 15 is 0 Å². The SMILES string of the molecule is CN(C(=O)CCOCC(F)(F)F)C1CCCCC1N. The Kier molecular flexibility index (Phi) is 6.06. The number of nitrogens with zero attached hydrogens (tertiary/aromatic N) is 1. The predicted octanol–water partition coefficient (Wildman–Crippen LogP) is 1.68. The monoisotopic (exact) mass is 282 g/mol. The molecule has 2 unspecified atom stereocenters. The molecule has 1 amide bonds. The van der Waals surface area contributed by atoms with E-state index in [0.717, 1.165) is 25.7 Å². The van der Waals surface area contributed by atoms with Crippen molar-refractivity contribution in [1.82, 2.24) is 4.90 Å². The van der Waals surface area contributed by atoms with Crippen LogP contribution in [0.25, 0.3) is 0 Å². The third kappa shape index (κ3) is 5.78. The number of hydrogen-bond acceptors (Lipinski definition) is 3. The Bertz CT molecular complexity index is 297. The summed E-state index contributed by atoms with van der Waals surface area (Å²) < 4.78 is 40.0. The van der Waals surface area contributed by atoms with Crippen molar-refractivity contribution in [2.24, 2.45) is 5.73 Å². The molecule has 7 heteroatoms. The van der Waals surface area contributed by atoms with Crippen LogP contribution >= 0.6 is 0 Å². The summed E-state index contributed by atoms with van der Waals surface area (Å²) in [6, 6.07) is -0.0531. The maximum Gasteiger partial charge on any atom is 0.411 e. The summed E-state index contributed by atoms with van der Waals surface area (Å²) in [6.07, 6.45) is -0.564. The van der Waals surface area contributed by atoms with Gasteiger partial charge in [0, 0.05) is 19.1 Å². The molecular weight excluding hydrogens is 261 g/mol. The van der Waals surface area contributed by atoms with E-state index in [-0.39, 0.29) is 31.0 Å². The first-order chi connectivity index (χ1) is 8.81. The zero-order valence-electron chi connectivity index (χ0n) is 11.1. The van der Waals surface area contributed by atoms with Gasteiger partial charge in [-0.05, 0) is 12.8 Å². The molecular formula is C12H21F3N2O2. The molecule has 0 aromatic carbocycles. The summed E-state index contributed by atoms with van der Waals surface area (Å²) in [5.41, 5.74) is 5.96. The number of halogens is 3. The molecule has 1 rings (SSSR count). The van der Waals surface area contributed by atoms with Gasteiger partial charge in [0.15, 0.2) is 0 Å². The summed E-state index contributed by atoms with van der Waals surface area (Å²) in [6.45, 7) is -1.53. The van der Waals surface area contributed by atoms with E-state index in [2.05, 4.69) is 4.74 Å². The average molecular weight is 282 g/mol. The predicted molar refractivity (Wildman–Crippen MR) is 64.5 cm³/mol. The number of hydrogen-bond donors (Lipinski definition) is 1. The molecule has 0 radical (unpaired) electrons. The molecule has 2 atom stereocenters. The Hall–Kier alpha value is -0.820. The van der Waals surface area contributed by atoms with Crippen molar-refractivity contribution in [3.05, 3.63) is 0 Å². The normalized spacial score (nSPS) is 24.3.